The second kappa shape index (κ2) is 7.53. The molecule has 1 N–H and O–H groups in total. The second-order valence-electron chi connectivity index (χ2n) is 7.12. The van der Waals surface area contributed by atoms with Crippen molar-refractivity contribution >= 4 is 5.91 Å². The van der Waals surface area contributed by atoms with Crippen LogP contribution in [0.25, 0.3) is 0 Å². The maximum Gasteiger partial charge on any atom is 0.253 e. The van der Waals surface area contributed by atoms with Gasteiger partial charge in [-0.05, 0) is 32.0 Å². The van der Waals surface area contributed by atoms with E-state index in [0.717, 1.165) is 44.8 Å². The number of hydrogen-bond acceptors (Lipinski definition) is 3. The minimum atomic E-state index is 0.117. The lowest BCUT2D eigenvalue weighted by molar-refractivity contribution is -0.940. The van der Waals surface area contributed by atoms with E-state index in [2.05, 4.69) is 13.8 Å². The van der Waals surface area contributed by atoms with E-state index in [9.17, 15) is 4.79 Å². The van der Waals surface area contributed by atoms with Gasteiger partial charge in [0.25, 0.3) is 5.91 Å². The number of morpholine rings is 1. The van der Waals surface area contributed by atoms with Crippen LogP contribution in [0.3, 0.4) is 0 Å². The van der Waals surface area contributed by atoms with Gasteiger partial charge in [0, 0.05) is 31.5 Å². The fourth-order valence-corrected chi connectivity index (χ4v) is 4.08. The van der Waals surface area contributed by atoms with E-state index in [1.807, 2.05) is 29.2 Å². The molecule has 0 aliphatic carbocycles. The van der Waals surface area contributed by atoms with Gasteiger partial charge >= 0.3 is 0 Å². The highest BCUT2D eigenvalue weighted by molar-refractivity contribution is 5.94. The number of amides is 1. The lowest BCUT2D eigenvalue weighted by atomic mass is 10.0. The Labute approximate surface area is 144 Å². The molecule has 2 aliphatic heterocycles. The zero-order chi connectivity index (χ0) is 17.1. The molecule has 2 atom stereocenters. The van der Waals surface area contributed by atoms with Gasteiger partial charge in [-0.3, -0.25) is 4.79 Å². The zero-order valence-electron chi connectivity index (χ0n) is 15.0. The summed E-state index contributed by atoms with van der Waals surface area (Å²) in [5.41, 5.74) is 0.716. The molecule has 2 saturated heterocycles. The Bertz CT molecular complexity index is 559. The fourth-order valence-electron chi connectivity index (χ4n) is 4.08. The molecule has 2 fully saturated rings. The molecule has 1 aromatic carbocycles. The number of ether oxygens (including phenoxy) is 2. The molecule has 24 heavy (non-hydrogen) atoms. The molecule has 0 unspecified atom stereocenters. The largest absolute Gasteiger partial charge is 0.497 e. The molecule has 1 amide bonds. The summed E-state index contributed by atoms with van der Waals surface area (Å²) in [6.07, 6.45) is 2.81. The average Bonchev–Trinajstić information content (AvgIpc) is 2.60. The molecule has 2 heterocycles. The number of likely N-dealkylation sites (tertiary alicyclic amines) is 1. The first-order chi connectivity index (χ1) is 11.6. The molecular weight excluding hydrogens is 304 g/mol. The number of nitrogens with zero attached hydrogens (tertiary/aromatic N) is 1. The number of benzene rings is 1. The van der Waals surface area contributed by atoms with Gasteiger partial charge in [0.05, 0.1) is 13.2 Å². The molecule has 0 radical (unpaired) electrons. The van der Waals surface area contributed by atoms with E-state index in [0.29, 0.717) is 23.8 Å². The van der Waals surface area contributed by atoms with Crippen LogP contribution in [0.1, 0.15) is 37.0 Å². The summed E-state index contributed by atoms with van der Waals surface area (Å²) in [6, 6.07) is 8.08. The van der Waals surface area contributed by atoms with E-state index in [1.54, 1.807) is 12.0 Å². The maximum atomic E-state index is 12.7. The highest BCUT2D eigenvalue weighted by Crippen LogP contribution is 2.17. The van der Waals surface area contributed by atoms with Gasteiger partial charge in [-0.25, -0.2) is 0 Å². The van der Waals surface area contributed by atoms with Crippen molar-refractivity contribution in [2.45, 2.75) is 44.9 Å². The van der Waals surface area contributed by atoms with Crippen molar-refractivity contribution in [2.75, 3.05) is 33.3 Å². The quantitative estimate of drug-likeness (QED) is 0.897. The lowest BCUT2D eigenvalue weighted by Crippen LogP contribution is -3.19. The first-order valence-corrected chi connectivity index (χ1v) is 9.00. The van der Waals surface area contributed by atoms with E-state index < -0.39 is 0 Å². The predicted octanol–water partition coefficient (Wildman–Crippen LogP) is 0.992. The predicted molar refractivity (Wildman–Crippen MR) is 92.6 cm³/mol. The van der Waals surface area contributed by atoms with Crippen molar-refractivity contribution in [3.63, 3.8) is 0 Å². The summed E-state index contributed by atoms with van der Waals surface area (Å²) in [5, 5.41) is 0. The Morgan fingerprint density at radius 1 is 1.21 bits per heavy atom. The van der Waals surface area contributed by atoms with Gasteiger partial charge in [0.15, 0.2) is 0 Å². The lowest BCUT2D eigenvalue weighted by Gasteiger charge is -2.41. The molecule has 1 aromatic rings. The topological polar surface area (TPSA) is 43.2 Å². The summed E-state index contributed by atoms with van der Waals surface area (Å²) < 4.78 is 11.1. The second-order valence-corrected chi connectivity index (χ2v) is 7.12. The minimum absolute atomic E-state index is 0.117. The number of rotatable bonds is 3. The van der Waals surface area contributed by atoms with Crippen molar-refractivity contribution in [2.24, 2.45) is 0 Å². The molecule has 5 nitrogen and oxygen atoms in total. The van der Waals surface area contributed by atoms with Crippen LogP contribution < -0.4 is 9.64 Å². The Hall–Kier alpha value is -1.59. The van der Waals surface area contributed by atoms with Crippen LogP contribution in [0, 0.1) is 0 Å². The van der Waals surface area contributed by atoms with Crippen LogP contribution in [0.2, 0.25) is 0 Å². The van der Waals surface area contributed by atoms with Gasteiger partial charge in [-0.15, -0.1) is 0 Å². The van der Waals surface area contributed by atoms with Gasteiger partial charge in [0.1, 0.15) is 31.0 Å². The third kappa shape index (κ3) is 3.90. The number of piperidine rings is 1. The smallest absolute Gasteiger partial charge is 0.253 e. The van der Waals surface area contributed by atoms with Crippen molar-refractivity contribution in [1.82, 2.24) is 4.90 Å². The fraction of sp³-hybridized carbons (Fsp3) is 0.632. The molecule has 0 spiro atoms. The third-order valence-corrected chi connectivity index (χ3v) is 5.24. The summed E-state index contributed by atoms with van der Waals surface area (Å²) in [4.78, 5) is 16.3. The first-order valence-electron chi connectivity index (χ1n) is 9.00. The Balaban J connectivity index is 1.57. The summed E-state index contributed by atoms with van der Waals surface area (Å²) >= 11 is 0. The standard InChI is InChI=1S/C19H28N2O3/c1-14-12-21(13-15(2)24-14)17-7-9-20(10-8-17)19(22)16-5-4-6-18(11-16)23-3/h4-6,11,14-15,17H,7-10,12-13H2,1-3H3/p+1/t14-,15-/m0/s1. The van der Waals surface area contributed by atoms with E-state index in [4.69, 9.17) is 9.47 Å². The molecule has 0 saturated carbocycles. The van der Waals surface area contributed by atoms with Crippen LogP contribution in [0.15, 0.2) is 24.3 Å². The monoisotopic (exact) mass is 333 g/mol. The van der Waals surface area contributed by atoms with Gasteiger partial charge < -0.3 is 19.3 Å². The molecule has 5 heteroatoms. The molecule has 132 valence electrons. The average molecular weight is 333 g/mol. The summed E-state index contributed by atoms with van der Waals surface area (Å²) in [7, 11) is 1.63. The normalized spacial score (nSPS) is 28.6. The SMILES string of the molecule is COc1cccc(C(=O)N2CCC([NH+]3C[C@H](C)O[C@@H](C)C3)CC2)c1. The van der Waals surface area contributed by atoms with Crippen molar-refractivity contribution in [1.29, 1.82) is 0 Å². The summed E-state index contributed by atoms with van der Waals surface area (Å²) in [6.45, 7) is 8.17. The van der Waals surface area contributed by atoms with Gasteiger partial charge in [0.2, 0.25) is 0 Å². The van der Waals surface area contributed by atoms with Crippen LogP contribution in [-0.4, -0.2) is 62.3 Å². The number of carbonyl (C=O) groups is 1. The highest BCUT2D eigenvalue weighted by Gasteiger charge is 2.34. The van der Waals surface area contributed by atoms with Crippen molar-refractivity contribution in [3.8, 4) is 5.75 Å². The Kier molecular flexibility index (Phi) is 5.41. The number of methoxy groups -OCH3 is 1. The van der Waals surface area contributed by atoms with Crippen molar-refractivity contribution in [3.05, 3.63) is 29.8 Å². The molecule has 0 bridgehead atoms. The minimum Gasteiger partial charge on any atom is -0.497 e. The van der Waals surface area contributed by atoms with E-state index in [1.165, 1.54) is 0 Å². The number of nitrogens with one attached hydrogen (secondary N) is 1. The maximum absolute atomic E-state index is 12.7. The molecule has 0 aromatic heterocycles. The number of hydrogen-bond donors (Lipinski definition) is 1. The van der Waals surface area contributed by atoms with Crippen molar-refractivity contribution < 1.29 is 19.2 Å². The Morgan fingerprint density at radius 2 is 1.88 bits per heavy atom. The summed E-state index contributed by atoms with van der Waals surface area (Å²) in [5.74, 6) is 0.850. The highest BCUT2D eigenvalue weighted by atomic mass is 16.5. The van der Waals surface area contributed by atoms with Crippen LogP contribution in [0.5, 0.6) is 5.75 Å². The van der Waals surface area contributed by atoms with Gasteiger partial charge in [-0.1, -0.05) is 6.07 Å². The van der Waals surface area contributed by atoms with Crippen LogP contribution >= 0.6 is 0 Å². The number of quaternary nitrogens is 1. The number of carbonyl (C=O) groups excluding carboxylic acids is 1. The van der Waals surface area contributed by atoms with Crippen LogP contribution in [-0.2, 0) is 4.74 Å². The Morgan fingerprint density at radius 3 is 2.50 bits per heavy atom. The van der Waals surface area contributed by atoms with Gasteiger partial charge in [-0.2, -0.15) is 0 Å². The van der Waals surface area contributed by atoms with E-state index in [-0.39, 0.29) is 5.91 Å². The first kappa shape index (κ1) is 17.2. The molecular formula is C19H29N2O3+. The zero-order valence-corrected chi connectivity index (χ0v) is 15.0. The van der Waals surface area contributed by atoms with Crippen LogP contribution in [0.4, 0.5) is 0 Å². The third-order valence-electron chi connectivity index (χ3n) is 5.24. The molecule has 3 rings (SSSR count). The van der Waals surface area contributed by atoms with E-state index >= 15 is 0 Å². The molecule has 2 aliphatic rings.